The largest absolute Gasteiger partial charge is 0.348 e. The predicted molar refractivity (Wildman–Crippen MR) is 118 cm³/mol. The van der Waals surface area contributed by atoms with Crippen molar-refractivity contribution in [1.82, 2.24) is 20.3 Å². The van der Waals surface area contributed by atoms with E-state index in [-0.39, 0.29) is 11.8 Å². The molecule has 0 spiro atoms. The Bertz CT molecular complexity index is 982. The molecule has 6 nitrogen and oxygen atoms in total. The van der Waals surface area contributed by atoms with Crippen LogP contribution in [-0.2, 0) is 0 Å². The summed E-state index contributed by atoms with van der Waals surface area (Å²) in [6.07, 6.45) is 7.35. The molecule has 7 heteroatoms. The first-order valence-corrected chi connectivity index (χ1v) is 11.1. The van der Waals surface area contributed by atoms with Crippen LogP contribution in [0.2, 0.25) is 0 Å². The molecule has 152 valence electrons. The van der Waals surface area contributed by atoms with Crippen LogP contribution in [-0.4, -0.2) is 33.8 Å². The summed E-state index contributed by atoms with van der Waals surface area (Å²) in [6.45, 7) is 6.26. The lowest BCUT2D eigenvalue weighted by atomic mass is 9.99. The summed E-state index contributed by atoms with van der Waals surface area (Å²) in [5.74, 6) is 1.31. The number of fused-ring (bicyclic) bond motifs is 1. The lowest BCUT2D eigenvalue weighted by Crippen LogP contribution is -2.13. The molecule has 29 heavy (non-hydrogen) atoms. The number of Topliss-reactive ketones (excluding diaryl/α,β-unsaturated/α-hetero) is 1. The first-order chi connectivity index (χ1) is 14.1. The van der Waals surface area contributed by atoms with Gasteiger partial charge in [-0.1, -0.05) is 6.07 Å². The zero-order chi connectivity index (χ0) is 20.2. The average Bonchev–Trinajstić information content (AvgIpc) is 3.36. The smallest absolute Gasteiger partial charge is 0.224 e. The van der Waals surface area contributed by atoms with Crippen molar-refractivity contribution >= 4 is 33.3 Å². The summed E-state index contributed by atoms with van der Waals surface area (Å²) in [6, 6.07) is 5.96. The number of ketones is 1. The molecule has 3 aromatic rings. The van der Waals surface area contributed by atoms with Crippen molar-refractivity contribution in [3.8, 4) is 0 Å². The molecule has 0 bridgehead atoms. The molecule has 0 radical (unpaired) electrons. The fourth-order valence-corrected chi connectivity index (χ4v) is 4.80. The minimum atomic E-state index is -0.00120. The number of carbonyl (C=O) groups excluding carboxylic acids is 1. The highest BCUT2D eigenvalue weighted by Crippen LogP contribution is 2.29. The Morgan fingerprint density at radius 2 is 2.31 bits per heavy atom. The molecular weight excluding hydrogens is 382 g/mol. The second-order valence-electron chi connectivity index (χ2n) is 7.79. The quantitative estimate of drug-likeness (QED) is 0.532. The van der Waals surface area contributed by atoms with Crippen molar-refractivity contribution in [2.45, 2.75) is 45.6 Å². The van der Waals surface area contributed by atoms with E-state index in [1.807, 2.05) is 38.2 Å². The van der Waals surface area contributed by atoms with Crippen molar-refractivity contribution in [2.24, 2.45) is 5.92 Å². The highest BCUT2D eigenvalue weighted by Gasteiger charge is 2.20. The first kappa shape index (κ1) is 19.9. The summed E-state index contributed by atoms with van der Waals surface area (Å²) in [5.41, 5.74) is 2.45. The Morgan fingerprint density at radius 3 is 3.07 bits per heavy atom. The van der Waals surface area contributed by atoms with E-state index in [4.69, 9.17) is 0 Å². The number of aryl methyl sites for hydroxylation is 1. The van der Waals surface area contributed by atoms with Crippen LogP contribution in [0.5, 0.6) is 0 Å². The van der Waals surface area contributed by atoms with Crippen molar-refractivity contribution in [3.63, 3.8) is 0 Å². The molecule has 1 aliphatic heterocycles. The zero-order valence-corrected chi connectivity index (χ0v) is 17.8. The predicted octanol–water partition coefficient (Wildman–Crippen LogP) is 4.53. The van der Waals surface area contributed by atoms with E-state index in [1.54, 1.807) is 17.5 Å². The van der Waals surface area contributed by atoms with Gasteiger partial charge in [-0.25, -0.2) is 9.97 Å². The minimum Gasteiger partial charge on any atom is -0.348 e. The van der Waals surface area contributed by atoms with Gasteiger partial charge in [0.1, 0.15) is 5.69 Å². The lowest BCUT2D eigenvalue weighted by molar-refractivity contribution is 0.0975. The van der Waals surface area contributed by atoms with Crippen LogP contribution in [0, 0.1) is 12.8 Å². The van der Waals surface area contributed by atoms with Gasteiger partial charge < -0.3 is 10.6 Å². The molecule has 0 aromatic carbocycles. The maximum Gasteiger partial charge on any atom is 0.224 e. The second kappa shape index (κ2) is 8.97. The molecule has 0 unspecified atom stereocenters. The van der Waals surface area contributed by atoms with Crippen LogP contribution < -0.4 is 10.6 Å². The Kier molecular flexibility index (Phi) is 6.16. The number of nitrogens with zero attached hydrogens (tertiary/aromatic N) is 3. The van der Waals surface area contributed by atoms with Gasteiger partial charge >= 0.3 is 0 Å². The van der Waals surface area contributed by atoms with Crippen LogP contribution in [0.15, 0.2) is 30.6 Å². The van der Waals surface area contributed by atoms with Gasteiger partial charge in [0, 0.05) is 23.7 Å². The fourth-order valence-electron chi connectivity index (χ4n) is 3.84. The average molecular weight is 410 g/mol. The fraction of sp³-hybridized carbons (Fsp3) is 0.455. The Labute approximate surface area is 175 Å². The van der Waals surface area contributed by atoms with Gasteiger partial charge in [0.25, 0.3) is 0 Å². The monoisotopic (exact) mass is 409 g/mol. The van der Waals surface area contributed by atoms with Crippen molar-refractivity contribution in [3.05, 3.63) is 46.7 Å². The van der Waals surface area contributed by atoms with Crippen LogP contribution in [0.3, 0.4) is 0 Å². The van der Waals surface area contributed by atoms with E-state index >= 15 is 0 Å². The number of nitrogens with one attached hydrogen (secondary N) is 2. The third kappa shape index (κ3) is 4.79. The highest BCUT2D eigenvalue weighted by atomic mass is 32.1. The normalized spacial score (nSPS) is 17.5. The van der Waals surface area contributed by atoms with E-state index in [2.05, 4.69) is 25.6 Å². The van der Waals surface area contributed by atoms with Crippen molar-refractivity contribution in [2.75, 3.05) is 18.4 Å². The van der Waals surface area contributed by atoms with Gasteiger partial charge in [-0.05, 0) is 69.8 Å². The topological polar surface area (TPSA) is 79.8 Å². The van der Waals surface area contributed by atoms with Gasteiger partial charge in [0.2, 0.25) is 5.95 Å². The van der Waals surface area contributed by atoms with Crippen LogP contribution >= 0.6 is 11.3 Å². The molecule has 1 saturated heterocycles. The van der Waals surface area contributed by atoms with E-state index in [9.17, 15) is 4.79 Å². The molecular formula is C22H27N5OS. The van der Waals surface area contributed by atoms with E-state index < -0.39 is 0 Å². The number of thiophene rings is 1. The molecule has 4 rings (SSSR count). The van der Waals surface area contributed by atoms with Gasteiger partial charge in [0.05, 0.1) is 16.3 Å². The minimum absolute atomic E-state index is 0.00120. The molecule has 1 aliphatic rings. The molecule has 0 amide bonds. The molecule has 0 saturated carbocycles. The SMILES string of the molecule is Cc1cc2nc(N[C@@H](C)c3cccnc3)nc(C(=O)CCC[C@@H]3CCNC3)c2s1. The molecule has 4 heterocycles. The highest BCUT2D eigenvalue weighted by molar-refractivity contribution is 7.19. The third-order valence-corrected chi connectivity index (χ3v) is 6.51. The summed E-state index contributed by atoms with van der Waals surface area (Å²) >= 11 is 1.60. The van der Waals surface area contributed by atoms with Gasteiger partial charge in [0.15, 0.2) is 5.78 Å². The Hall–Kier alpha value is -2.38. The molecule has 2 atom stereocenters. The molecule has 3 aromatic heterocycles. The molecule has 1 fully saturated rings. The van der Waals surface area contributed by atoms with Gasteiger partial charge in [-0.15, -0.1) is 11.3 Å². The number of aromatic nitrogens is 3. The van der Waals surface area contributed by atoms with Gasteiger partial charge in [-0.2, -0.15) is 0 Å². The number of hydrogen-bond donors (Lipinski definition) is 2. The summed E-state index contributed by atoms with van der Waals surface area (Å²) in [4.78, 5) is 27.6. The molecule has 2 N–H and O–H groups in total. The number of anilines is 1. The van der Waals surface area contributed by atoms with Crippen molar-refractivity contribution < 1.29 is 4.79 Å². The maximum absolute atomic E-state index is 13.0. The Morgan fingerprint density at radius 1 is 1.41 bits per heavy atom. The van der Waals surface area contributed by atoms with Crippen molar-refractivity contribution in [1.29, 1.82) is 0 Å². The number of pyridine rings is 1. The Balaban J connectivity index is 1.52. The van der Waals surface area contributed by atoms with Crippen LogP contribution in [0.4, 0.5) is 5.95 Å². The first-order valence-electron chi connectivity index (χ1n) is 10.3. The van der Waals surface area contributed by atoms with Crippen LogP contribution in [0.25, 0.3) is 10.2 Å². The van der Waals surface area contributed by atoms with Crippen LogP contribution in [0.1, 0.15) is 59.6 Å². The molecule has 0 aliphatic carbocycles. The third-order valence-electron chi connectivity index (χ3n) is 5.47. The second-order valence-corrected chi connectivity index (χ2v) is 9.05. The summed E-state index contributed by atoms with van der Waals surface area (Å²) < 4.78 is 0.898. The van der Waals surface area contributed by atoms with Gasteiger partial charge in [-0.3, -0.25) is 9.78 Å². The zero-order valence-electron chi connectivity index (χ0n) is 16.9. The van der Waals surface area contributed by atoms with E-state index in [1.165, 1.54) is 6.42 Å². The standard InChI is InChI=1S/C22H27N5OS/c1-14-11-18-21(29-14)20(19(28)7-3-5-16-8-10-24-12-16)27-22(26-18)25-15(2)17-6-4-9-23-13-17/h4,6,9,11,13,15-16,24H,3,5,7-8,10,12H2,1-2H3,(H,25,26,27)/t15-,16+/m0/s1. The van der Waals surface area contributed by atoms with E-state index in [0.29, 0.717) is 24.0 Å². The number of carbonyl (C=O) groups is 1. The lowest BCUT2D eigenvalue weighted by Gasteiger charge is -2.14. The number of rotatable bonds is 8. The summed E-state index contributed by atoms with van der Waals surface area (Å²) in [5, 5.41) is 6.73. The van der Waals surface area contributed by atoms with E-state index in [0.717, 1.165) is 46.6 Å². The maximum atomic E-state index is 13.0. The number of hydrogen-bond acceptors (Lipinski definition) is 7. The summed E-state index contributed by atoms with van der Waals surface area (Å²) in [7, 11) is 0.